The van der Waals surface area contributed by atoms with E-state index in [0.29, 0.717) is 15.8 Å². The summed E-state index contributed by atoms with van der Waals surface area (Å²) in [5.74, 6) is 0. The molecule has 1 heterocycles. The summed E-state index contributed by atoms with van der Waals surface area (Å²) in [6.45, 7) is 0. The van der Waals surface area contributed by atoms with Crippen molar-refractivity contribution < 1.29 is 0 Å². The Hall–Kier alpha value is -0.860. The van der Waals surface area contributed by atoms with Crippen molar-refractivity contribution in [2.24, 2.45) is 0 Å². The number of nitriles is 1. The molecule has 0 atom stereocenters. The second-order valence-electron chi connectivity index (χ2n) is 2.46. The molecule has 0 aliphatic rings. The van der Waals surface area contributed by atoms with Gasteiger partial charge in [-0.2, -0.15) is 5.26 Å². The van der Waals surface area contributed by atoms with Crippen molar-refractivity contribution >= 4 is 42.9 Å². The molecule has 0 saturated carbocycles. The van der Waals surface area contributed by atoms with Gasteiger partial charge in [0.25, 0.3) is 0 Å². The molecule has 0 radical (unpaired) electrons. The van der Waals surface area contributed by atoms with Crippen LogP contribution in [0.2, 0.25) is 0 Å². The Morgan fingerprint density at radius 3 is 2.85 bits per heavy atom. The van der Waals surface area contributed by atoms with Crippen LogP contribution in [0.25, 0.3) is 11.0 Å². The molecule has 0 spiro atoms. The maximum Gasteiger partial charge on any atom is 0.175 e. The molecule has 0 amide bonds. The van der Waals surface area contributed by atoms with Gasteiger partial charge in [0.1, 0.15) is 11.6 Å². The first-order chi connectivity index (χ1) is 6.22. The second-order valence-corrected chi connectivity index (χ2v) is 4.06. The van der Waals surface area contributed by atoms with Gasteiger partial charge in [0.15, 0.2) is 4.73 Å². The minimum atomic E-state index is 0.555. The SMILES string of the molecule is N#Cc1c(Br)ccc2[nH]c(Br)nc12. The number of rotatable bonds is 0. The molecule has 3 nitrogen and oxygen atoms in total. The summed E-state index contributed by atoms with van der Waals surface area (Å²) in [6.07, 6.45) is 0. The van der Waals surface area contributed by atoms with Crippen LogP contribution in [0, 0.1) is 11.3 Å². The fourth-order valence-corrected chi connectivity index (χ4v) is 1.93. The lowest BCUT2D eigenvalue weighted by Gasteiger charge is -1.93. The summed E-state index contributed by atoms with van der Waals surface area (Å²) in [4.78, 5) is 7.15. The molecule has 1 aromatic heterocycles. The van der Waals surface area contributed by atoms with Gasteiger partial charge < -0.3 is 4.98 Å². The van der Waals surface area contributed by atoms with E-state index in [1.165, 1.54) is 0 Å². The van der Waals surface area contributed by atoms with Gasteiger partial charge >= 0.3 is 0 Å². The van der Waals surface area contributed by atoms with Gasteiger partial charge in [0.2, 0.25) is 0 Å². The first-order valence-electron chi connectivity index (χ1n) is 3.46. The highest BCUT2D eigenvalue weighted by atomic mass is 79.9. The Morgan fingerprint density at radius 2 is 2.15 bits per heavy atom. The van der Waals surface area contributed by atoms with Crippen molar-refractivity contribution in [3.05, 3.63) is 26.9 Å². The van der Waals surface area contributed by atoms with E-state index in [0.717, 1.165) is 9.99 Å². The van der Waals surface area contributed by atoms with Gasteiger partial charge in [-0.05, 0) is 44.0 Å². The summed E-state index contributed by atoms with van der Waals surface area (Å²) in [7, 11) is 0. The first kappa shape index (κ1) is 8.73. The molecule has 5 heteroatoms. The van der Waals surface area contributed by atoms with E-state index >= 15 is 0 Å². The molecule has 64 valence electrons. The lowest BCUT2D eigenvalue weighted by Crippen LogP contribution is -1.80. The van der Waals surface area contributed by atoms with Crippen molar-refractivity contribution in [3.8, 4) is 6.07 Å². The summed E-state index contributed by atoms with van der Waals surface area (Å²) in [6, 6.07) is 5.80. The Kier molecular flexibility index (Phi) is 2.10. The molecule has 0 fully saturated rings. The van der Waals surface area contributed by atoms with E-state index < -0.39 is 0 Å². The molecule has 0 aliphatic carbocycles. The Labute approximate surface area is 91.0 Å². The Bertz CT molecular complexity index is 510. The van der Waals surface area contributed by atoms with Gasteiger partial charge in [-0.15, -0.1) is 0 Å². The highest BCUT2D eigenvalue weighted by Crippen LogP contribution is 2.25. The van der Waals surface area contributed by atoms with Crippen LogP contribution in [-0.4, -0.2) is 9.97 Å². The third kappa shape index (κ3) is 1.36. The molecule has 1 N–H and O–H groups in total. The van der Waals surface area contributed by atoms with E-state index in [2.05, 4.69) is 47.9 Å². The molecular formula is C8H3Br2N3. The molecule has 0 bridgehead atoms. The van der Waals surface area contributed by atoms with Crippen molar-refractivity contribution in [1.82, 2.24) is 9.97 Å². The smallest absolute Gasteiger partial charge is 0.175 e. The van der Waals surface area contributed by atoms with Gasteiger partial charge in [0, 0.05) is 4.47 Å². The number of H-pyrrole nitrogens is 1. The van der Waals surface area contributed by atoms with Gasteiger partial charge in [-0.1, -0.05) is 0 Å². The van der Waals surface area contributed by atoms with E-state index in [1.807, 2.05) is 12.1 Å². The van der Waals surface area contributed by atoms with Gasteiger partial charge in [-0.25, -0.2) is 4.98 Å². The summed E-state index contributed by atoms with van der Waals surface area (Å²) in [5.41, 5.74) is 2.09. The van der Waals surface area contributed by atoms with Crippen LogP contribution in [-0.2, 0) is 0 Å². The number of nitrogens with one attached hydrogen (secondary N) is 1. The molecule has 2 aromatic rings. The predicted molar refractivity (Wildman–Crippen MR) is 56.2 cm³/mol. The quantitative estimate of drug-likeness (QED) is 0.813. The van der Waals surface area contributed by atoms with Crippen LogP contribution >= 0.6 is 31.9 Å². The molecule has 13 heavy (non-hydrogen) atoms. The normalized spacial score (nSPS) is 10.2. The highest BCUT2D eigenvalue weighted by Gasteiger charge is 2.08. The number of aromatic nitrogens is 2. The van der Waals surface area contributed by atoms with E-state index in [4.69, 9.17) is 5.26 Å². The van der Waals surface area contributed by atoms with Gasteiger partial charge in [0.05, 0.1) is 11.1 Å². The number of hydrogen-bond acceptors (Lipinski definition) is 2. The fraction of sp³-hybridized carbons (Fsp3) is 0. The topological polar surface area (TPSA) is 52.5 Å². The maximum atomic E-state index is 8.88. The van der Waals surface area contributed by atoms with Crippen molar-refractivity contribution in [3.63, 3.8) is 0 Å². The number of aromatic amines is 1. The van der Waals surface area contributed by atoms with Crippen molar-refractivity contribution in [1.29, 1.82) is 5.26 Å². The molecule has 0 saturated heterocycles. The lowest BCUT2D eigenvalue weighted by atomic mass is 10.2. The maximum absolute atomic E-state index is 8.88. The van der Waals surface area contributed by atoms with Crippen LogP contribution in [0.4, 0.5) is 0 Å². The first-order valence-corrected chi connectivity index (χ1v) is 5.05. The Morgan fingerprint density at radius 1 is 1.38 bits per heavy atom. The summed E-state index contributed by atoms with van der Waals surface area (Å²) < 4.78 is 1.40. The van der Waals surface area contributed by atoms with Gasteiger partial charge in [-0.3, -0.25) is 0 Å². The number of halogens is 2. The van der Waals surface area contributed by atoms with Crippen LogP contribution in [0.3, 0.4) is 0 Å². The molecule has 2 rings (SSSR count). The second kappa shape index (κ2) is 3.13. The highest BCUT2D eigenvalue weighted by molar-refractivity contribution is 9.10. The Balaban J connectivity index is 2.93. The molecule has 0 aliphatic heterocycles. The van der Waals surface area contributed by atoms with Crippen LogP contribution in [0.1, 0.15) is 5.56 Å². The minimum Gasteiger partial charge on any atom is -0.332 e. The number of hydrogen-bond donors (Lipinski definition) is 1. The molecule has 1 aromatic carbocycles. The number of benzene rings is 1. The van der Waals surface area contributed by atoms with E-state index in [-0.39, 0.29) is 0 Å². The van der Waals surface area contributed by atoms with Crippen LogP contribution in [0.5, 0.6) is 0 Å². The summed E-state index contributed by atoms with van der Waals surface area (Å²) >= 11 is 6.52. The average molecular weight is 301 g/mol. The number of imidazole rings is 1. The molecule has 0 unspecified atom stereocenters. The zero-order valence-corrected chi connectivity index (χ0v) is 9.48. The standard InChI is InChI=1S/C8H3Br2N3/c9-5-1-2-6-7(4(5)3-11)13-8(10)12-6/h1-2H,(H,12,13). The summed E-state index contributed by atoms with van der Waals surface area (Å²) in [5, 5.41) is 8.88. The van der Waals surface area contributed by atoms with Crippen LogP contribution < -0.4 is 0 Å². The van der Waals surface area contributed by atoms with E-state index in [1.54, 1.807) is 0 Å². The third-order valence-electron chi connectivity index (χ3n) is 1.69. The van der Waals surface area contributed by atoms with Crippen molar-refractivity contribution in [2.75, 3.05) is 0 Å². The zero-order valence-electron chi connectivity index (χ0n) is 6.31. The predicted octanol–water partition coefficient (Wildman–Crippen LogP) is 2.96. The minimum absolute atomic E-state index is 0.555. The average Bonchev–Trinajstić information content (AvgIpc) is 2.45. The third-order valence-corrected chi connectivity index (χ3v) is 2.72. The van der Waals surface area contributed by atoms with Crippen LogP contribution in [0.15, 0.2) is 21.3 Å². The van der Waals surface area contributed by atoms with Crippen molar-refractivity contribution in [2.45, 2.75) is 0 Å². The lowest BCUT2D eigenvalue weighted by molar-refractivity contribution is 1.26. The van der Waals surface area contributed by atoms with E-state index in [9.17, 15) is 0 Å². The number of fused-ring (bicyclic) bond motifs is 1. The fourth-order valence-electron chi connectivity index (χ4n) is 1.13. The monoisotopic (exact) mass is 299 g/mol. The number of nitrogens with zero attached hydrogens (tertiary/aromatic N) is 2. The molecular weight excluding hydrogens is 298 g/mol. The largest absolute Gasteiger partial charge is 0.332 e. The zero-order chi connectivity index (χ0) is 9.42.